The van der Waals surface area contributed by atoms with Crippen molar-refractivity contribution in [2.24, 2.45) is 17.6 Å². The summed E-state index contributed by atoms with van der Waals surface area (Å²) in [7, 11) is 1.83. The van der Waals surface area contributed by atoms with Gasteiger partial charge in [0.15, 0.2) is 0 Å². The third-order valence-electron chi connectivity index (χ3n) is 5.19. The van der Waals surface area contributed by atoms with Crippen LogP contribution in [0.15, 0.2) is 0 Å². The smallest absolute Gasteiger partial charge is 0.0599 e. The van der Waals surface area contributed by atoms with Crippen LogP contribution < -0.4 is 5.73 Å². The summed E-state index contributed by atoms with van der Waals surface area (Å²) in [6.07, 6.45) is 6.88. The van der Waals surface area contributed by atoms with Gasteiger partial charge in [0.1, 0.15) is 0 Å². The standard InChI is InChI=1S/C15H30N2O/c1-11-5-4-6-12(2)15(11)17-8-7-14(18-3)9-13(17)10-16/h11-15H,4-10,16H2,1-3H3. The maximum Gasteiger partial charge on any atom is 0.0599 e. The average Bonchev–Trinajstić information content (AvgIpc) is 2.38. The highest BCUT2D eigenvalue weighted by Gasteiger charge is 2.38. The molecule has 4 atom stereocenters. The van der Waals surface area contributed by atoms with Gasteiger partial charge in [-0.3, -0.25) is 4.90 Å². The molecule has 3 nitrogen and oxygen atoms in total. The second kappa shape index (κ2) is 6.36. The molecule has 0 aromatic carbocycles. The van der Waals surface area contributed by atoms with Gasteiger partial charge in [0.25, 0.3) is 0 Å². The summed E-state index contributed by atoms with van der Waals surface area (Å²) in [6, 6.07) is 1.27. The fourth-order valence-electron chi connectivity index (χ4n) is 4.19. The first kappa shape index (κ1) is 14.3. The lowest BCUT2D eigenvalue weighted by molar-refractivity contribution is -0.0364. The Balaban J connectivity index is 2.05. The van der Waals surface area contributed by atoms with Crippen LogP contribution in [-0.4, -0.2) is 43.3 Å². The molecule has 1 saturated heterocycles. The number of nitrogens with two attached hydrogens (primary N) is 1. The van der Waals surface area contributed by atoms with Crippen LogP contribution in [0.5, 0.6) is 0 Å². The number of hydrogen-bond donors (Lipinski definition) is 1. The molecule has 1 aliphatic carbocycles. The Hall–Kier alpha value is -0.120. The molecule has 0 amide bonds. The van der Waals surface area contributed by atoms with Crippen LogP contribution in [-0.2, 0) is 4.74 Å². The van der Waals surface area contributed by atoms with E-state index in [1.54, 1.807) is 0 Å². The van der Waals surface area contributed by atoms with Gasteiger partial charge in [0, 0.05) is 32.3 Å². The lowest BCUT2D eigenvalue weighted by atomic mass is 9.76. The molecular formula is C15H30N2O. The molecule has 2 N–H and O–H groups in total. The minimum atomic E-state index is 0.420. The van der Waals surface area contributed by atoms with Crippen LogP contribution >= 0.6 is 0 Å². The van der Waals surface area contributed by atoms with E-state index in [9.17, 15) is 0 Å². The highest BCUT2D eigenvalue weighted by Crippen LogP contribution is 2.36. The Bertz CT molecular complexity index is 249. The number of likely N-dealkylation sites (tertiary alicyclic amines) is 1. The molecular weight excluding hydrogens is 224 g/mol. The maximum atomic E-state index is 6.01. The van der Waals surface area contributed by atoms with Gasteiger partial charge in [-0.2, -0.15) is 0 Å². The Labute approximate surface area is 112 Å². The van der Waals surface area contributed by atoms with Gasteiger partial charge in [0.2, 0.25) is 0 Å². The summed E-state index contributed by atoms with van der Waals surface area (Å²) in [5.41, 5.74) is 6.01. The molecule has 1 heterocycles. The molecule has 0 aromatic heterocycles. The highest BCUT2D eigenvalue weighted by atomic mass is 16.5. The molecule has 4 unspecified atom stereocenters. The summed E-state index contributed by atoms with van der Waals surface area (Å²) in [5, 5.41) is 0. The Morgan fingerprint density at radius 3 is 2.39 bits per heavy atom. The first-order valence-electron chi connectivity index (χ1n) is 7.66. The highest BCUT2D eigenvalue weighted by molar-refractivity contribution is 4.93. The van der Waals surface area contributed by atoms with Gasteiger partial charge in [-0.1, -0.05) is 20.3 Å². The van der Waals surface area contributed by atoms with Crippen LogP contribution in [0.25, 0.3) is 0 Å². The van der Waals surface area contributed by atoms with Crippen LogP contribution in [0.2, 0.25) is 0 Å². The second-order valence-corrected chi connectivity index (χ2v) is 6.39. The van der Waals surface area contributed by atoms with Crippen molar-refractivity contribution in [2.75, 3.05) is 20.2 Å². The number of piperidine rings is 1. The monoisotopic (exact) mass is 254 g/mol. The lowest BCUT2D eigenvalue weighted by Gasteiger charge is -2.49. The first-order valence-corrected chi connectivity index (χ1v) is 7.66. The van der Waals surface area contributed by atoms with Crippen molar-refractivity contribution in [3.63, 3.8) is 0 Å². The van der Waals surface area contributed by atoms with Gasteiger partial charge >= 0.3 is 0 Å². The fraction of sp³-hybridized carbons (Fsp3) is 1.00. The number of methoxy groups -OCH3 is 1. The van der Waals surface area contributed by atoms with Gasteiger partial charge in [-0.05, 0) is 37.5 Å². The molecule has 106 valence electrons. The molecule has 0 radical (unpaired) electrons. The van der Waals surface area contributed by atoms with Gasteiger partial charge in [-0.25, -0.2) is 0 Å². The van der Waals surface area contributed by atoms with E-state index in [0.717, 1.165) is 30.8 Å². The number of rotatable bonds is 3. The molecule has 2 aliphatic rings. The zero-order valence-corrected chi connectivity index (χ0v) is 12.3. The Kier molecular flexibility index (Phi) is 5.05. The molecule has 3 heteroatoms. The molecule has 18 heavy (non-hydrogen) atoms. The minimum absolute atomic E-state index is 0.420. The van der Waals surface area contributed by atoms with Crippen LogP contribution in [0.1, 0.15) is 46.0 Å². The zero-order chi connectivity index (χ0) is 13.1. The van der Waals surface area contributed by atoms with E-state index in [-0.39, 0.29) is 0 Å². The predicted molar refractivity (Wildman–Crippen MR) is 75.5 cm³/mol. The molecule has 0 bridgehead atoms. The molecule has 0 aromatic rings. The number of nitrogens with zero attached hydrogens (tertiary/aromatic N) is 1. The Morgan fingerprint density at radius 2 is 1.83 bits per heavy atom. The van der Waals surface area contributed by atoms with Crippen LogP contribution in [0.3, 0.4) is 0 Å². The SMILES string of the molecule is COC1CCN(C2C(C)CCCC2C)C(CN)C1. The predicted octanol–water partition coefficient (Wildman–Crippen LogP) is 2.25. The summed E-state index contributed by atoms with van der Waals surface area (Å²) >= 11 is 0. The number of ether oxygens (including phenoxy) is 1. The molecule has 0 spiro atoms. The van der Waals surface area contributed by atoms with E-state index in [1.807, 2.05) is 7.11 Å². The first-order chi connectivity index (χ1) is 8.67. The van der Waals surface area contributed by atoms with Crippen molar-refractivity contribution in [2.45, 2.75) is 64.1 Å². The normalized spacial score (nSPS) is 43.0. The molecule has 2 fully saturated rings. The van der Waals surface area contributed by atoms with E-state index in [2.05, 4.69) is 18.7 Å². The maximum absolute atomic E-state index is 6.01. The summed E-state index contributed by atoms with van der Waals surface area (Å²) in [5.74, 6) is 1.64. The van der Waals surface area contributed by atoms with Crippen molar-refractivity contribution < 1.29 is 4.74 Å². The molecule has 2 rings (SSSR count). The summed E-state index contributed by atoms with van der Waals surface area (Å²) in [6.45, 7) is 6.79. The summed E-state index contributed by atoms with van der Waals surface area (Å²) < 4.78 is 5.53. The van der Waals surface area contributed by atoms with Crippen molar-refractivity contribution in [1.82, 2.24) is 4.90 Å². The number of hydrogen-bond acceptors (Lipinski definition) is 3. The van der Waals surface area contributed by atoms with Crippen LogP contribution in [0.4, 0.5) is 0 Å². The van der Waals surface area contributed by atoms with Crippen molar-refractivity contribution in [3.05, 3.63) is 0 Å². The van der Waals surface area contributed by atoms with E-state index in [0.29, 0.717) is 12.1 Å². The van der Waals surface area contributed by atoms with Crippen molar-refractivity contribution >= 4 is 0 Å². The third-order valence-corrected chi connectivity index (χ3v) is 5.19. The van der Waals surface area contributed by atoms with Gasteiger partial charge < -0.3 is 10.5 Å². The van der Waals surface area contributed by atoms with Crippen molar-refractivity contribution in [1.29, 1.82) is 0 Å². The Morgan fingerprint density at radius 1 is 1.17 bits per heavy atom. The van der Waals surface area contributed by atoms with E-state index in [1.165, 1.54) is 32.2 Å². The average molecular weight is 254 g/mol. The molecule has 1 aliphatic heterocycles. The topological polar surface area (TPSA) is 38.5 Å². The van der Waals surface area contributed by atoms with E-state index >= 15 is 0 Å². The third kappa shape index (κ3) is 2.89. The summed E-state index contributed by atoms with van der Waals surface area (Å²) in [4.78, 5) is 2.71. The largest absolute Gasteiger partial charge is 0.381 e. The lowest BCUT2D eigenvalue weighted by Crippen LogP contribution is -2.57. The van der Waals surface area contributed by atoms with Crippen molar-refractivity contribution in [3.8, 4) is 0 Å². The molecule has 1 saturated carbocycles. The van der Waals surface area contributed by atoms with Crippen LogP contribution in [0, 0.1) is 11.8 Å². The zero-order valence-electron chi connectivity index (χ0n) is 12.3. The van der Waals surface area contributed by atoms with Gasteiger partial charge in [0.05, 0.1) is 6.10 Å². The van der Waals surface area contributed by atoms with Gasteiger partial charge in [-0.15, -0.1) is 0 Å². The van der Waals surface area contributed by atoms with E-state index in [4.69, 9.17) is 10.5 Å². The fourth-order valence-corrected chi connectivity index (χ4v) is 4.19. The van der Waals surface area contributed by atoms with E-state index < -0.39 is 0 Å². The second-order valence-electron chi connectivity index (χ2n) is 6.39. The minimum Gasteiger partial charge on any atom is -0.381 e. The quantitative estimate of drug-likeness (QED) is 0.839.